The molecule has 4 nitrogen and oxygen atoms in total. The molecule has 1 aliphatic heterocycles. The van der Waals surface area contributed by atoms with E-state index in [-0.39, 0.29) is 5.91 Å². The molecule has 1 aromatic heterocycles. The van der Waals surface area contributed by atoms with E-state index in [1.807, 2.05) is 17.2 Å². The number of thiazole rings is 1. The maximum Gasteiger partial charge on any atom is 0.282 e. The van der Waals surface area contributed by atoms with Gasteiger partial charge in [-0.1, -0.05) is 12.1 Å². The summed E-state index contributed by atoms with van der Waals surface area (Å²) in [6, 6.07) is 8.52. The predicted octanol–water partition coefficient (Wildman–Crippen LogP) is 2.72. The summed E-state index contributed by atoms with van der Waals surface area (Å²) in [6.45, 7) is 7.28. The van der Waals surface area contributed by atoms with E-state index in [2.05, 4.69) is 41.1 Å². The third-order valence-electron chi connectivity index (χ3n) is 3.74. The number of hydrogen-bond donors (Lipinski definition) is 0. The van der Waals surface area contributed by atoms with Crippen molar-refractivity contribution < 1.29 is 4.79 Å². The van der Waals surface area contributed by atoms with Gasteiger partial charge in [0.05, 0.1) is 0 Å². The molecular weight excluding hydrogens is 282 g/mol. The van der Waals surface area contributed by atoms with Crippen LogP contribution >= 0.6 is 11.3 Å². The quantitative estimate of drug-likeness (QED) is 0.856. The molecule has 0 atom stereocenters. The summed E-state index contributed by atoms with van der Waals surface area (Å²) in [7, 11) is 0. The van der Waals surface area contributed by atoms with Crippen LogP contribution in [0.2, 0.25) is 0 Å². The van der Waals surface area contributed by atoms with Crippen LogP contribution in [0.25, 0.3) is 0 Å². The van der Waals surface area contributed by atoms with E-state index in [9.17, 15) is 4.79 Å². The number of carbonyl (C=O) groups is 1. The van der Waals surface area contributed by atoms with Gasteiger partial charge < -0.3 is 9.80 Å². The van der Waals surface area contributed by atoms with Crippen LogP contribution in [0.15, 0.2) is 29.6 Å². The number of piperazine rings is 1. The summed E-state index contributed by atoms with van der Waals surface area (Å²) in [5.41, 5.74) is 3.43. The molecule has 0 unspecified atom stereocenters. The first kappa shape index (κ1) is 14.1. The maximum absolute atomic E-state index is 12.4. The van der Waals surface area contributed by atoms with Crippen LogP contribution in [0, 0.1) is 13.8 Å². The molecule has 1 aromatic carbocycles. The lowest BCUT2D eigenvalue weighted by Crippen LogP contribution is -2.48. The lowest BCUT2D eigenvalue weighted by atomic mass is 10.2. The van der Waals surface area contributed by atoms with Crippen LogP contribution in [0.5, 0.6) is 0 Å². The van der Waals surface area contributed by atoms with E-state index < -0.39 is 0 Å². The Hall–Kier alpha value is -1.88. The number of hydrogen-bond acceptors (Lipinski definition) is 4. The van der Waals surface area contributed by atoms with E-state index in [0.717, 1.165) is 31.9 Å². The highest BCUT2D eigenvalue weighted by Crippen LogP contribution is 2.19. The Morgan fingerprint density at radius 1 is 1.19 bits per heavy atom. The molecule has 0 spiro atoms. The van der Waals surface area contributed by atoms with Gasteiger partial charge in [-0.25, -0.2) is 4.98 Å². The van der Waals surface area contributed by atoms with Crippen molar-refractivity contribution >= 4 is 22.9 Å². The highest BCUT2D eigenvalue weighted by atomic mass is 32.1. The second-order valence-electron chi connectivity index (χ2n) is 5.41. The van der Waals surface area contributed by atoms with Crippen molar-refractivity contribution in [3.8, 4) is 0 Å². The molecule has 5 heteroatoms. The molecule has 0 aliphatic carbocycles. The molecule has 3 rings (SSSR count). The zero-order chi connectivity index (χ0) is 14.8. The van der Waals surface area contributed by atoms with Gasteiger partial charge in [-0.3, -0.25) is 4.79 Å². The fourth-order valence-corrected chi connectivity index (χ4v) is 3.34. The Kier molecular flexibility index (Phi) is 3.92. The van der Waals surface area contributed by atoms with Crippen LogP contribution in [0.3, 0.4) is 0 Å². The molecule has 0 bridgehead atoms. The molecular formula is C16H19N3OS. The summed E-state index contributed by atoms with van der Waals surface area (Å²) in [6.07, 6.45) is 0. The van der Waals surface area contributed by atoms with Crippen LogP contribution < -0.4 is 4.90 Å². The molecule has 1 aliphatic rings. The smallest absolute Gasteiger partial charge is 0.282 e. The van der Waals surface area contributed by atoms with Crippen molar-refractivity contribution in [3.63, 3.8) is 0 Å². The van der Waals surface area contributed by atoms with Crippen molar-refractivity contribution in [3.05, 3.63) is 45.9 Å². The van der Waals surface area contributed by atoms with E-state index in [0.29, 0.717) is 5.01 Å². The second-order valence-corrected chi connectivity index (χ2v) is 6.27. The first-order valence-corrected chi connectivity index (χ1v) is 8.04. The molecule has 110 valence electrons. The topological polar surface area (TPSA) is 36.4 Å². The van der Waals surface area contributed by atoms with Crippen LogP contribution in [0.1, 0.15) is 21.1 Å². The second kappa shape index (κ2) is 5.85. The summed E-state index contributed by atoms with van der Waals surface area (Å²) < 4.78 is 0. The molecule has 1 amide bonds. The zero-order valence-corrected chi connectivity index (χ0v) is 13.2. The monoisotopic (exact) mass is 301 g/mol. The van der Waals surface area contributed by atoms with Crippen molar-refractivity contribution in [2.75, 3.05) is 31.1 Å². The van der Waals surface area contributed by atoms with Gasteiger partial charge in [0.25, 0.3) is 5.91 Å². The normalized spacial score (nSPS) is 15.3. The van der Waals surface area contributed by atoms with E-state index in [4.69, 9.17) is 0 Å². The number of benzene rings is 1. The summed E-state index contributed by atoms with van der Waals surface area (Å²) in [5.74, 6) is 0.0667. The van der Waals surface area contributed by atoms with Crippen LogP contribution in [0.4, 0.5) is 5.69 Å². The minimum absolute atomic E-state index is 0.0667. The number of anilines is 1. The first-order chi connectivity index (χ1) is 10.1. The van der Waals surface area contributed by atoms with Crippen molar-refractivity contribution in [1.82, 2.24) is 9.88 Å². The minimum Gasteiger partial charge on any atom is -0.368 e. The van der Waals surface area contributed by atoms with Gasteiger partial charge >= 0.3 is 0 Å². The summed E-state index contributed by atoms with van der Waals surface area (Å²) >= 11 is 1.43. The molecule has 21 heavy (non-hydrogen) atoms. The maximum atomic E-state index is 12.4. The fourth-order valence-electron chi connectivity index (χ4n) is 2.58. The van der Waals surface area contributed by atoms with Gasteiger partial charge in [0.1, 0.15) is 0 Å². The zero-order valence-electron chi connectivity index (χ0n) is 12.4. The Labute approximate surface area is 129 Å². The highest BCUT2D eigenvalue weighted by Gasteiger charge is 2.24. The van der Waals surface area contributed by atoms with E-state index in [1.165, 1.54) is 22.6 Å². The van der Waals surface area contributed by atoms with Gasteiger partial charge in [0, 0.05) is 42.9 Å². The fraction of sp³-hybridized carbons (Fsp3) is 0.375. The number of amides is 1. The van der Waals surface area contributed by atoms with E-state index >= 15 is 0 Å². The van der Waals surface area contributed by atoms with Crippen LogP contribution in [-0.2, 0) is 0 Å². The SMILES string of the molecule is Cc1cccc(N2CCN(C(=O)c3nc(C)cs3)CC2)c1. The van der Waals surface area contributed by atoms with Gasteiger partial charge in [-0.15, -0.1) is 11.3 Å². The van der Waals surface area contributed by atoms with E-state index in [1.54, 1.807) is 0 Å². The summed E-state index contributed by atoms with van der Waals surface area (Å²) in [4.78, 5) is 20.9. The van der Waals surface area contributed by atoms with Gasteiger partial charge in [0.2, 0.25) is 0 Å². The molecule has 0 saturated carbocycles. The summed E-state index contributed by atoms with van der Waals surface area (Å²) in [5, 5.41) is 2.53. The lowest BCUT2D eigenvalue weighted by molar-refractivity contribution is 0.0746. The average molecular weight is 301 g/mol. The third kappa shape index (κ3) is 3.08. The number of carbonyl (C=O) groups excluding carboxylic acids is 1. The highest BCUT2D eigenvalue weighted by molar-refractivity contribution is 7.11. The predicted molar refractivity (Wildman–Crippen MR) is 86.1 cm³/mol. The minimum atomic E-state index is 0.0667. The average Bonchev–Trinajstić information content (AvgIpc) is 2.93. The van der Waals surface area contributed by atoms with Crippen molar-refractivity contribution in [2.24, 2.45) is 0 Å². The lowest BCUT2D eigenvalue weighted by Gasteiger charge is -2.35. The molecule has 2 aromatic rings. The third-order valence-corrected chi connectivity index (χ3v) is 4.68. The molecule has 0 N–H and O–H groups in total. The Morgan fingerprint density at radius 2 is 1.95 bits per heavy atom. The van der Waals surface area contributed by atoms with Crippen molar-refractivity contribution in [2.45, 2.75) is 13.8 Å². The molecule has 1 fully saturated rings. The van der Waals surface area contributed by atoms with Crippen molar-refractivity contribution in [1.29, 1.82) is 0 Å². The Balaban J connectivity index is 1.64. The Bertz CT molecular complexity index is 644. The number of aromatic nitrogens is 1. The van der Waals surface area contributed by atoms with Gasteiger partial charge in [0.15, 0.2) is 5.01 Å². The van der Waals surface area contributed by atoms with Crippen LogP contribution in [-0.4, -0.2) is 42.0 Å². The van der Waals surface area contributed by atoms with Gasteiger partial charge in [-0.2, -0.15) is 0 Å². The standard InChI is InChI=1S/C16H19N3OS/c1-12-4-3-5-14(10-12)18-6-8-19(9-7-18)16(20)15-17-13(2)11-21-15/h3-5,10-11H,6-9H2,1-2H3. The van der Waals surface area contributed by atoms with Gasteiger partial charge in [-0.05, 0) is 31.5 Å². The first-order valence-electron chi connectivity index (χ1n) is 7.16. The largest absolute Gasteiger partial charge is 0.368 e. The molecule has 2 heterocycles. The Morgan fingerprint density at radius 3 is 2.57 bits per heavy atom. The number of aryl methyl sites for hydroxylation is 2. The number of nitrogens with zero attached hydrogens (tertiary/aromatic N) is 3. The molecule has 1 saturated heterocycles. The molecule has 0 radical (unpaired) electrons. The number of rotatable bonds is 2.